The summed E-state index contributed by atoms with van der Waals surface area (Å²) < 4.78 is 4.77. The summed E-state index contributed by atoms with van der Waals surface area (Å²) in [6.07, 6.45) is 7.14. The summed E-state index contributed by atoms with van der Waals surface area (Å²) in [6, 6.07) is 13.8. The van der Waals surface area contributed by atoms with Crippen LogP contribution in [0.3, 0.4) is 0 Å². The molecule has 4 amide bonds. The van der Waals surface area contributed by atoms with E-state index in [1.165, 1.54) is 14.2 Å². The van der Waals surface area contributed by atoms with E-state index in [-0.39, 0.29) is 35.7 Å². The van der Waals surface area contributed by atoms with Crippen LogP contribution in [0.4, 0.5) is 9.59 Å². The van der Waals surface area contributed by atoms with Crippen LogP contribution in [0.5, 0.6) is 0 Å². The lowest BCUT2D eigenvalue weighted by Gasteiger charge is -2.39. The number of imidazole rings is 2. The Morgan fingerprint density at radius 3 is 1.64 bits per heavy atom. The van der Waals surface area contributed by atoms with Crippen molar-refractivity contribution in [1.82, 2.24) is 40.0 Å². The fourth-order valence-electron chi connectivity index (χ4n) is 7.93. The highest BCUT2D eigenvalue weighted by Gasteiger charge is 2.39. The molecule has 2 fully saturated rings. The smallest absolute Gasteiger partial charge is 0.407 e. The molecule has 2 aliphatic heterocycles. The molecule has 14 nitrogen and oxygen atoms in total. The zero-order chi connectivity index (χ0) is 41.5. The zero-order valence-electron chi connectivity index (χ0n) is 34.1. The van der Waals surface area contributed by atoms with Gasteiger partial charge in [0, 0.05) is 54.8 Å². The van der Waals surface area contributed by atoms with Crippen LogP contribution in [0.2, 0.25) is 0 Å². The van der Waals surface area contributed by atoms with E-state index < -0.39 is 24.3 Å². The Morgan fingerprint density at radius 1 is 0.759 bits per heavy atom. The summed E-state index contributed by atoms with van der Waals surface area (Å²) in [5, 5.41) is 12.3. The first-order valence-electron chi connectivity index (χ1n) is 20.1. The van der Waals surface area contributed by atoms with Crippen LogP contribution in [0.25, 0.3) is 22.5 Å². The Labute approximate surface area is 339 Å². The van der Waals surface area contributed by atoms with Gasteiger partial charge in [-0.05, 0) is 74.6 Å². The van der Waals surface area contributed by atoms with Crippen molar-refractivity contribution < 1.29 is 29.0 Å². The van der Waals surface area contributed by atoms with Crippen LogP contribution >= 0.6 is 0 Å². The van der Waals surface area contributed by atoms with Crippen molar-refractivity contribution in [3.8, 4) is 34.4 Å². The Morgan fingerprint density at radius 2 is 1.22 bits per heavy atom. The molecule has 2 aromatic heterocycles. The molecule has 14 heteroatoms. The fraction of sp³-hybridized carbons (Fsp3) is 0.455. The minimum absolute atomic E-state index is 0.113. The summed E-state index contributed by atoms with van der Waals surface area (Å²) in [6.45, 7) is 8.67. The van der Waals surface area contributed by atoms with Crippen molar-refractivity contribution >= 4 is 24.0 Å². The number of nitrogens with zero attached hydrogens (tertiary/aromatic N) is 5. The summed E-state index contributed by atoms with van der Waals surface area (Å²) in [4.78, 5) is 72.2. The second kappa shape index (κ2) is 18.4. The molecule has 0 spiro atoms. The first-order valence-corrected chi connectivity index (χ1v) is 20.1. The molecule has 4 N–H and O–H groups in total. The zero-order valence-corrected chi connectivity index (χ0v) is 34.1. The number of carbonyl (C=O) groups is 4. The number of amides is 4. The average Bonchev–Trinajstić information content (AvgIpc) is 3.93. The number of rotatable bonds is 10. The number of benzene rings is 2. The van der Waals surface area contributed by atoms with E-state index in [0.29, 0.717) is 24.7 Å². The van der Waals surface area contributed by atoms with Crippen LogP contribution in [0, 0.1) is 23.7 Å². The molecule has 2 aromatic carbocycles. The van der Waals surface area contributed by atoms with Crippen LogP contribution in [-0.4, -0.2) is 103 Å². The van der Waals surface area contributed by atoms with Gasteiger partial charge in [0.15, 0.2) is 0 Å². The highest BCUT2D eigenvalue weighted by molar-refractivity contribution is 5.87. The molecule has 58 heavy (non-hydrogen) atoms. The third kappa shape index (κ3) is 9.36. The molecule has 2 saturated heterocycles. The van der Waals surface area contributed by atoms with Crippen LogP contribution in [0.1, 0.15) is 101 Å². The quantitative estimate of drug-likeness (QED) is 0.124. The van der Waals surface area contributed by atoms with Gasteiger partial charge in [-0.1, -0.05) is 63.8 Å². The summed E-state index contributed by atoms with van der Waals surface area (Å²) >= 11 is 0. The molecule has 306 valence electrons. The minimum atomic E-state index is -1.13. The number of hydrogen-bond donors (Lipinski definition) is 4. The van der Waals surface area contributed by atoms with Gasteiger partial charge in [0.05, 0.1) is 30.6 Å². The Hall–Kier alpha value is -6.10. The predicted octanol–water partition coefficient (Wildman–Crippen LogP) is 6.99. The molecule has 0 saturated carbocycles. The van der Waals surface area contributed by atoms with Gasteiger partial charge in [0.1, 0.15) is 23.7 Å². The molecule has 4 heterocycles. The van der Waals surface area contributed by atoms with E-state index in [4.69, 9.17) is 14.7 Å². The lowest BCUT2D eigenvalue weighted by molar-refractivity contribution is -0.141. The van der Waals surface area contributed by atoms with Gasteiger partial charge >= 0.3 is 12.2 Å². The van der Waals surface area contributed by atoms with Crippen molar-refractivity contribution in [3.63, 3.8) is 0 Å². The van der Waals surface area contributed by atoms with E-state index in [2.05, 4.69) is 27.1 Å². The molecule has 1 unspecified atom stereocenters. The van der Waals surface area contributed by atoms with Crippen molar-refractivity contribution in [2.24, 2.45) is 11.8 Å². The third-order valence-corrected chi connectivity index (χ3v) is 11.1. The number of alkyl carbamates (subject to hydrolysis) is 1. The Balaban J connectivity index is 1.10. The van der Waals surface area contributed by atoms with Gasteiger partial charge in [-0.2, -0.15) is 0 Å². The molecule has 0 aliphatic carbocycles. The highest BCUT2D eigenvalue weighted by Crippen LogP contribution is 2.34. The van der Waals surface area contributed by atoms with E-state index in [0.717, 1.165) is 77.1 Å². The largest absolute Gasteiger partial charge is 0.465 e. The summed E-state index contributed by atoms with van der Waals surface area (Å²) in [7, 11) is 2.74. The second-order valence-corrected chi connectivity index (χ2v) is 15.8. The highest BCUT2D eigenvalue weighted by atomic mass is 16.5. The SMILES string of the molecule is COC(=O)N[C@H](C(=O)N1CCCCC1c1nc(-c2ccc(C#Cc3ccc(-c4c[nH]c([C@@H]5CCCCN5C(=O)[C@H](C(C)C)N(C)C(=O)O)n4)cc3)cc2)c[nH]1)C(C)C. The molecule has 0 bridgehead atoms. The molecule has 6 rings (SSSR count). The molecule has 4 aromatic rings. The van der Waals surface area contributed by atoms with Crippen LogP contribution < -0.4 is 5.32 Å². The van der Waals surface area contributed by atoms with Gasteiger partial charge in [0.25, 0.3) is 0 Å². The first-order chi connectivity index (χ1) is 27.9. The van der Waals surface area contributed by atoms with Crippen LogP contribution in [0.15, 0.2) is 60.9 Å². The normalized spacial score (nSPS) is 17.9. The standard InChI is InChI=1S/C44H54N8O6/c1-27(2)37(49-43(55)58-6)41(53)51-23-9-7-11-35(51)39-45-25-33(47-39)31-19-15-29(16-20-31)13-14-30-17-21-32(22-18-30)34-26-46-40(48-34)36-12-8-10-24-52(36)42(54)38(28(3)4)50(5)44(56)57/h15-22,25-28,35-38H,7-12,23-24H2,1-6H3,(H,45,47)(H,46,48)(H,49,55)(H,56,57)/t35?,36-,37-,38-/m0/s1. The molecule has 0 radical (unpaired) electrons. The number of methoxy groups -OCH3 is 1. The number of aromatic amines is 2. The van der Waals surface area contributed by atoms with Gasteiger partial charge in [-0.15, -0.1) is 0 Å². The monoisotopic (exact) mass is 790 g/mol. The van der Waals surface area contributed by atoms with Crippen molar-refractivity contribution in [3.05, 3.63) is 83.7 Å². The number of piperidine rings is 2. The van der Waals surface area contributed by atoms with Crippen molar-refractivity contribution in [1.29, 1.82) is 0 Å². The maximum Gasteiger partial charge on any atom is 0.407 e. The lowest BCUT2D eigenvalue weighted by atomic mass is 9.96. The fourth-order valence-corrected chi connectivity index (χ4v) is 7.93. The van der Waals surface area contributed by atoms with Crippen LogP contribution in [-0.2, 0) is 14.3 Å². The van der Waals surface area contributed by atoms with Crippen molar-refractivity contribution in [2.75, 3.05) is 27.2 Å². The number of carbonyl (C=O) groups excluding carboxylic acids is 3. The molecular weight excluding hydrogens is 737 g/mol. The lowest BCUT2D eigenvalue weighted by Crippen LogP contribution is -2.53. The van der Waals surface area contributed by atoms with Gasteiger partial charge < -0.3 is 34.9 Å². The summed E-state index contributed by atoms with van der Waals surface area (Å²) in [5.41, 5.74) is 5.05. The van der Waals surface area contributed by atoms with Gasteiger partial charge in [0.2, 0.25) is 11.8 Å². The number of carboxylic acid groups (broad SMARTS) is 1. The number of ether oxygens (including phenoxy) is 1. The maximum absolute atomic E-state index is 13.7. The van der Waals surface area contributed by atoms with E-state index in [1.807, 2.05) is 93.5 Å². The number of nitrogens with one attached hydrogen (secondary N) is 3. The van der Waals surface area contributed by atoms with Gasteiger partial charge in [-0.3, -0.25) is 14.5 Å². The second-order valence-electron chi connectivity index (χ2n) is 15.8. The van der Waals surface area contributed by atoms with E-state index >= 15 is 0 Å². The van der Waals surface area contributed by atoms with Crippen molar-refractivity contribution in [2.45, 2.75) is 90.4 Å². The van der Waals surface area contributed by atoms with Gasteiger partial charge in [-0.25, -0.2) is 19.6 Å². The number of hydrogen-bond acceptors (Lipinski definition) is 7. The first kappa shape index (κ1) is 41.5. The number of aromatic nitrogens is 4. The number of likely N-dealkylation sites (N-methyl/N-ethyl adjacent to an activating group) is 1. The topological polar surface area (TPSA) is 177 Å². The molecule has 2 aliphatic rings. The Bertz CT molecular complexity index is 2130. The maximum atomic E-state index is 13.7. The summed E-state index contributed by atoms with van der Waals surface area (Å²) in [5.74, 6) is 7.27. The molecular formula is C44H54N8O6. The van der Waals surface area contributed by atoms with E-state index in [1.54, 1.807) is 4.90 Å². The number of likely N-dealkylation sites (tertiary alicyclic amines) is 2. The predicted molar refractivity (Wildman–Crippen MR) is 219 cm³/mol. The molecule has 4 atom stereocenters. The Kier molecular flexibility index (Phi) is 13.2. The minimum Gasteiger partial charge on any atom is -0.465 e. The average molecular weight is 791 g/mol. The van der Waals surface area contributed by atoms with E-state index in [9.17, 15) is 24.3 Å². The third-order valence-electron chi connectivity index (χ3n) is 11.1. The number of H-pyrrole nitrogens is 2.